The van der Waals surface area contributed by atoms with Crippen LogP contribution in [0.1, 0.15) is 12.8 Å². The van der Waals surface area contributed by atoms with Gasteiger partial charge in [-0.1, -0.05) is 6.08 Å². The topological polar surface area (TPSA) is 69.6 Å². The first-order valence-corrected chi connectivity index (χ1v) is 5.44. The van der Waals surface area contributed by atoms with E-state index in [-0.39, 0.29) is 25.5 Å². The van der Waals surface area contributed by atoms with Crippen molar-refractivity contribution in [3.05, 3.63) is 12.7 Å². The second kappa shape index (κ2) is 6.27. The number of hydrogen-bond donors (Lipinski definition) is 2. The molecule has 1 saturated carbocycles. The van der Waals surface area contributed by atoms with E-state index in [2.05, 4.69) is 11.9 Å². The molecule has 0 spiro atoms. The van der Waals surface area contributed by atoms with E-state index < -0.39 is 5.97 Å². The summed E-state index contributed by atoms with van der Waals surface area (Å²) in [7, 11) is 0. The van der Waals surface area contributed by atoms with Crippen LogP contribution in [0.25, 0.3) is 0 Å². The highest BCUT2D eigenvalue weighted by Crippen LogP contribution is 2.27. The lowest BCUT2D eigenvalue weighted by atomic mass is 10.4. The molecule has 0 bridgehead atoms. The summed E-state index contributed by atoms with van der Waals surface area (Å²) >= 11 is 0. The fraction of sp³-hybridized carbons (Fsp3) is 0.636. The van der Waals surface area contributed by atoms with E-state index in [1.165, 1.54) is 23.8 Å². The van der Waals surface area contributed by atoms with Gasteiger partial charge in [0.2, 0.25) is 5.91 Å². The molecule has 0 saturated heterocycles. The number of nitrogens with zero attached hydrogens (tertiary/aromatic N) is 1. The molecule has 0 unspecified atom stereocenters. The summed E-state index contributed by atoms with van der Waals surface area (Å²) in [4.78, 5) is 23.4. The van der Waals surface area contributed by atoms with Crippen molar-refractivity contribution in [1.82, 2.24) is 10.2 Å². The maximum atomic E-state index is 11.6. The Kier molecular flexibility index (Phi) is 4.98. The molecular weight excluding hydrogens is 208 g/mol. The minimum Gasteiger partial charge on any atom is -0.480 e. The van der Waals surface area contributed by atoms with Crippen LogP contribution in [0.5, 0.6) is 0 Å². The fourth-order valence-corrected chi connectivity index (χ4v) is 1.39. The predicted octanol–water partition coefficient (Wildman–Crippen LogP) is 0.0852. The third-order valence-electron chi connectivity index (χ3n) is 2.43. The molecule has 1 fully saturated rings. The Hall–Kier alpha value is -1.36. The summed E-state index contributed by atoms with van der Waals surface area (Å²) in [6, 6.07) is 0. The molecular formula is C11H18N2O3. The second-order valence-electron chi connectivity index (χ2n) is 4.03. The SMILES string of the molecule is C=CCN(CC(=O)O)C(=O)CNCC1CC1. The Morgan fingerprint density at radius 2 is 2.19 bits per heavy atom. The van der Waals surface area contributed by atoms with E-state index in [0.29, 0.717) is 5.92 Å². The van der Waals surface area contributed by atoms with E-state index in [1.54, 1.807) is 0 Å². The van der Waals surface area contributed by atoms with E-state index in [4.69, 9.17) is 5.11 Å². The molecule has 0 heterocycles. The zero-order valence-electron chi connectivity index (χ0n) is 9.32. The van der Waals surface area contributed by atoms with Crippen LogP contribution in [-0.4, -0.2) is 48.1 Å². The van der Waals surface area contributed by atoms with Gasteiger partial charge in [-0.25, -0.2) is 0 Å². The Morgan fingerprint density at radius 1 is 1.50 bits per heavy atom. The Labute approximate surface area is 95.1 Å². The van der Waals surface area contributed by atoms with Crippen LogP contribution in [0.15, 0.2) is 12.7 Å². The molecule has 0 atom stereocenters. The van der Waals surface area contributed by atoms with Crippen molar-refractivity contribution in [1.29, 1.82) is 0 Å². The molecule has 90 valence electrons. The van der Waals surface area contributed by atoms with E-state index in [1.807, 2.05) is 0 Å². The summed E-state index contributed by atoms with van der Waals surface area (Å²) in [5.74, 6) is -0.486. The van der Waals surface area contributed by atoms with Gasteiger partial charge in [-0.05, 0) is 25.3 Å². The second-order valence-corrected chi connectivity index (χ2v) is 4.03. The monoisotopic (exact) mass is 226 g/mol. The first kappa shape index (κ1) is 12.7. The molecule has 0 aromatic rings. The third-order valence-corrected chi connectivity index (χ3v) is 2.43. The molecule has 1 amide bonds. The number of carboxylic acids is 1. The average Bonchev–Trinajstić information content (AvgIpc) is 3.00. The number of carbonyl (C=O) groups excluding carboxylic acids is 1. The Balaban J connectivity index is 2.26. The van der Waals surface area contributed by atoms with Crippen molar-refractivity contribution in [2.24, 2.45) is 5.92 Å². The van der Waals surface area contributed by atoms with Gasteiger partial charge in [0.1, 0.15) is 6.54 Å². The largest absolute Gasteiger partial charge is 0.480 e. The molecule has 1 rings (SSSR count). The first-order valence-electron chi connectivity index (χ1n) is 5.44. The standard InChI is InChI=1S/C11H18N2O3/c1-2-5-13(8-11(15)16)10(14)7-12-6-9-3-4-9/h2,9,12H,1,3-8H2,(H,15,16). The smallest absolute Gasteiger partial charge is 0.323 e. The lowest BCUT2D eigenvalue weighted by molar-refractivity contribution is -0.143. The molecule has 1 aliphatic carbocycles. The lowest BCUT2D eigenvalue weighted by Crippen LogP contribution is -2.41. The number of nitrogens with one attached hydrogen (secondary N) is 1. The lowest BCUT2D eigenvalue weighted by Gasteiger charge is -2.18. The van der Waals surface area contributed by atoms with Crippen LogP contribution in [0.2, 0.25) is 0 Å². The van der Waals surface area contributed by atoms with Gasteiger partial charge in [-0.3, -0.25) is 9.59 Å². The van der Waals surface area contributed by atoms with Gasteiger partial charge in [0, 0.05) is 6.54 Å². The van der Waals surface area contributed by atoms with E-state index >= 15 is 0 Å². The maximum absolute atomic E-state index is 11.6. The predicted molar refractivity (Wildman–Crippen MR) is 60.0 cm³/mol. The van der Waals surface area contributed by atoms with Gasteiger partial charge in [0.25, 0.3) is 0 Å². The molecule has 0 aromatic heterocycles. The number of hydrogen-bond acceptors (Lipinski definition) is 3. The van der Waals surface area contributed by atoms with Crippen molar-refractivity contribution in [2.45, 2.75) is 12.8 Å². The van der Waals surface area contributed by atoms with Crippen molar-refractivity contribution in [3.8, 4) is 0 Å². The molecule has 0 aliphatic heterocycles. The minimum atomic E-state index is -1.00. The Morgan fingerprint density at radius 3 is 2.69 bits per heavy atom. The Bertz CT molecular complexity index is 274. The first-order chi connectivity index (χ1) is 7.63. The van der Waals surface area contributed by atoms with Gasteiger partial charge in [-0.15, -0.1) is 6.58 Å². The summed E-state index contributed by atoms with van der Waals surface area (Å²) in [5, 5.41) is 11.7. The van der Waals surface area contributed by atoms with Crippen LogP contribution < -0.4 is 5.32 Å². The quantitative estimate of drug-likeness (QED) is 0.575. The van der Waals surface area contributed by atoms with Gasteiger partial charge < -0.3 is 15.3 Å². The van der Waals surface area contributed by atoms with E-state index in [9.17, 15) is 9.59 Å². The number of aliphatic carboxylic acids is 1. The summed E-state index contributed by atoms with van der Waals surface area (Å²) < 4.78 is 0. The van der Waals surface area contributed by atoms with Crippen molar-refractivity contribution < 1.29 is 14.7 Å². The van der Waals surface area contributed by atoms with Gasteiger partial charge in [0.15, 0.2) is 0 Å². The maximum Gasteiger partial charge on any atom is 0.323 e. The van der Waals surface area contributed by atoms with Crippen LogP contribution in [0.3, 0.4) is 0 Å². The van der Waals surface area contributed by atoms with Crippen LogP contribution >= 0.6 is 0 Å². The summed E-state index contributed by atoms with van der Waals surface area (Å²) in [5.41, 5.74) is 0. The highest BCUT2D eigenvalue weighted by Gasteiger charge is 2.21. The highest BCUT2D eigenvalue weighted by atomic mass is 16.4. The van der Waals surface area contributed by atoms with Crippen molar-refractivity contribution >= 4 is 11.9 Å². The van der Waals surface area contributed by atoms with Gasteiger partial charge in [0.05, 0.1) is 6.54 Å². The number of carboxylic acid groups (broad SMARTS) is 1. The molecule has 0 radical (unpaired) electrons. The van der Waals surface area contributed by atoms with Crippen LogP contribution in [0.4, 0.5) is 0 Å². The minimum absolute atomic E-state index is 0.192. The highest BCUT2D eigenvalue weighted by molar-refractivity contribution is 5.82. The molecule has 0 aromatic carbocycles. The van der Waals surface area contributed by atoms with Crippen molar-refractivity contribution in [2.75, 3.05) is 26.2 Å². The number of amides is 1. The zero-order valence-corrected chi connectivity index (χ0v) is 9.32. The zero-order chi connectivity index (χ0) is 12.0. The number of carbonyl (C=O) groups is 2. The normalized spacial score (nSPS) is 14.5. The average molecular weight is 226 g/mol. The molecule has 5 heteroatoms. The molecule has 1 aliphatic rings. The fourth-order valence-electron chi connectivity index (χ4n) is 1.39. The van der Waals surface area contributed by atoms with Crippen LogP contribution in [0, 0.1) is 5.92 Å². The van der Waals surface area contributed by atoms with Crippen molar-refractivity contribution in [3.63, 3.8) is 0 Å². The van der Waals surface area contributed by atoms with Gasteiger partial charge >= 0.3 is 5.97 Å². The summed E-state index contributed by atoms with van der Waals surface area (Å²) in [6.07, 6.45) is 3.99. The van der Waals surface area contributed by atoms with Crippen LogP contribution in [-0.2, 0) is 9.59 Å². The molecule has 2 N–H and O–H groups in total. The van der Waals surface area contributed by atoms with E-state index in [0.717, 1.165) is 6.54 Å². The van der Waals surface area contributed by atoms with Gasteiger partial charge in [-0.2, -0.15) is 0 Å². The third kappa shape index (κ3) is 4.93. The summed E-state index contributed by atoms with van der Waals surface area (Å²) in [6.45, 7) is 4.56. The molecule has 16 heavy (non-hydrogen) atoms. The molecule has 5 nitrogen and oxygen atoms in total. The number of rotatable bonds is 8.